The fourth-order valence-corrected chi connectivity index (χ4v) is 5.62. The highest BCUT2D eigenvalue weighted by Crippen LogP contribution is 2.38. The fourth-order valence-electron chi connectivity index (χ4n) is 5.62. The molecule has 3 aromatic heterocycles. The Labute approximate surface area is 280 Å². The first-order valence-corrected chi connectivity index (χ1v) is 15.7. The number of nitrogens with zero attached hydrogens (tertiary/aromatic N) is 5. The predicted molar refractivity (Wildman–Crippen MR) is 178 cm³/mol. The molecular weight excluding hydrogens is 634 g/mol. The fraction of sp³-hybridized carbons (Fsp3) is 0.222. The zero-order valence-electron chi connectivity index (χ0n) is 26.6. The maximum atomic E-state index is 15.4. The number of aromatic nitrogens is 4. The first-order chi connectivity index (χ1) is 23.9. The van der Waals surface area contributed by atoms with Crippen molar-refractivity contribution < 1.29 is 32.5 Å². The van der Waals surface area contributed by atoms with Gasteiger partial charge in [-0.05, 0) is 61.0 Å². The summed E-state index contributed by atoms with van der Waals surface area (Å²) in [4.78, 5) is 24.4. The second-order valence-electron chi connectivity index (χ2n) is 11.3. The van der Waals surface area contributed by atoms with Gasteiger partial charge in [-0.15, -0.1) is 0 Å². The van der Waals surface area contributed by atoms with Gasteiger partial charge >= 0.3 is 0 Å². The number of anilines is 1. The molecule has 3 aromatic carbocycles. The molecule has 0 saturated carbocycles. The van der Waals surface area contributed by atoms with Crippen LogP contribution in [0.1, 0.15) is 16.9 Å². The molecule has 0 bridgehead atoms. The SMILES string of the molecule is COc1cc2c(Oc3ccc(NC(=O)c4cc(-c5ccc(F)cc5)n5nccc5n4)cc3F)ccnc2cc1OCCCN1CCOCC1. The number of hydrogen-bond acceptors (Lipinski definition) is 9. The zero-order valence-corrected chi connectivity index (χ0v) is 26.6. The Bertz CT molecular complexity index is 2120. The third-order valence-electron chi connectivity index (χ3n) is 8.11. The number of benzene rings is 3. The van der Waals surface area contributed by atoms with Crippen LogP contribution < -0.4 is 19.5 Å². The predicted octanol–water partition coefficient (Wildman–Crippen LogP) is 6.38. The van der Waals surface area contributed by atoms with E-state index in [1.165, 1.54) is 24.3 Å². The van der Waals surface area contributed by atoms with E-state index in [4.69, 9.17) is 18.9 Å². The molecule has 11 nitrogen and oxygen atoms in total. The topological polar surface area (TPSA) is 112 Å². The van der Waals surface area contributed by atoms with Crippen molar-refractivity contribution in [1.29, 1.82) is 0 Å². The highest BCUT2D eigenvalue weighted by Gasteiger charge is 2.18. The Hall–Kier alpha value is -5.66. The highest BCUT2D eigenvalue weighted by molar-refractivity contribution is 6.03. The van der Waals surface area contributed by atoms with Gasteiger partial charge in [-0.25, -0.2) is 18.3 Å². The van der Waals surface area contributed by atoms with Crippen molar-refractivity contribution in [2.24, 2.45) is 0 Å². The van der Waals surface area contributed by atoms with Crippen LogP contribution in [0.15, 0.2) is 85.2 Å². The van der Waals surface area contributed by atoms with Crippen LogP contribution in [0, 0.1) is 11.6 Å². The van der Waals surface area contributed by atoms with Crippen molar-refractivity contribution in [3.63, 3.8) is 0 Å². The minimum atomic E-state index is -0.693. The number of hydrogen-bond donors (Lipinski definition) is 1. The normalized spacial score (nSPS) is 13.4. The van der Waals surface area contributed by atoms with E-state index in [1.807, 2.05) is 0 Å². The summed E-state index contributed by atoms with van der Waals surface area (Å²) in [5.41, 5.74) is 2.47. The Morgan fingerprint density at radius 1 is 0.918 bits per heavy atom. The summed E-state index contributed by atoms with van der Waals surface area (Å²) in [6.45, 7) is 4.78. The Morgan fingerprint density at radius 3 is 2.55 bits per heavy atom. The number of morpholine rings is 1. The summed E-state index contributed by atoms with van der Waals surface area (Å²) in [6, 6.07) is 18.3. The molecule has 6 aromatic rings. The molecule has 1 amide bonds. The van der Waals surface area contributed by atoms with E-state index >= 15 is 4.39 Å². The minimum Gasteiger partial charge on any atom is -0.493 e. The minimum absolute atomic E-state index is 0.0506. The Kier molecular flexibility index (Phi) is 9.26. The van der Waals surface area contributed by atoms with Crippen LogP contribution in [0.4, 0.5) is 14.5 Å². The van der Waals surface area contributed by atoms with Gasteiger partial charge in [0.05, 0.1) is 44.3 Å². The van der Waals surface area contributed by atoms with Gasteiger partial charge in [-0.2, -0.15) is 5.10 Å². The van der Waals surface area contributed by atoms with Crippen molar-refractivity contribution in [2.45, 2.75) is 6.42 Å². The van der Waals surface area contributed by atoms with E-state index in [0.29, 0.717) is 51.7 Å². The van der Waals surface area contributed by atoms with Gasteiger partial charge in [0.25, 0.3) is 5.91 Å². The lowest BCUT2D eigenvalue weighted by Gasteiger charge is -2.26. The standard InChI is InChI=1S/C36H32F2N6O5/c1-46-33-20-26-28(22-34(33)48-16-2-13-43-14-17-47-18-15-43)39-11-9-31(26)49-32-8-7-25(19-27(32)38)41-36(45)29-21-30(23-3-5-24(37)6-4-23)44-35(42-29)10-12-40-44/h3-12,19-22H,2,13-18H2,1H3,(H,41,45). The van der Waals surface area contributed by atoms with E-state index in [-0.39, 0.29) is 22.9 Å². The first kappa shape index (κ1) is 31.9. The van der Waals surface area contributed by atoms with Crippen molar-refractivity contribution >= 4 is 28.1 Å². The average molecular weight is 667 g/mol. The number of methoxy groups -OCH3 is 1. The maximum absolute atomic E-state index is 15.4. The van der Waals surface area contributed by atoms with Gasteiger partial charge in [-0.1, -0.05) is 0 Å². The number of halogens is 2. The van der Waals surface area contributed by atoms with Crippen LogP contribution in [0.5, 0.6) is 23.0 Å². The number of nitrogens with one attached hydrogen (secondary N) is 1. The van der Waals surface area contributed by atoms with Crippen molar-refractivity contribution in [3.05, 3.63) is 103 Å². The van der Waals surface area contributed by atoms with Crippen molar-refractivity contribution in [2.75, 3.05) is 51.9 Å². The molecule has 1 N–H and O–H groups in total. The summed E-state index contributed by atoms with van der Waals surface area (Å²) < 4.78 is 53.5. The second-order valence-corrected chi connectivity index (χ2v) is 11.3. The monoisotopic (exact) mass is 666 g/mol. The number of rotatable bonds is 11. The zero-order chi connectivity index (χ0) is 33.7. The quantitative estimate of drug-likeness (QED) is 0.158. The van der Waals surface area contributed by atoms with Gasteiger partial charge in [0.1, 0.15) is 17.3 Å². The summed E-state index contributed by atoms with van der Waals surface area (Å²) >= 11 is 0. The van der Waals surface area contributed by atoms with Crippen LogP contribution in [-0.2, 0) is 4.74 Å². The first-order valence-electron chi connectivity index (χ1n) is 15.7. The molecule has 13 heteroatoms. The molecule has 1 fully saturated rings. The van der Waals surface area contributed by atoms with E-state index in [9.17, 15) is 9.18 Å². The molecule has 0 unspecified atom stereocenters. The summed E-state index contributed by atoms with van der Waals surface area (Å²) in [7, 11) is 1.55. The molecule has 1 aliphatic heterocycles. The molecule has 49 heavy (non-hydrogen) atoms. The molecular formula is C36H32F2N6O5. The van der Waals surface area contributed by atoms with Gasteiger partial charge in [0.2, 0.25) is 0 Å². The number of carbonyl (C=O) groups excluding carboxylic acids is 1. The Balaban J connectivity index is 1.05. The van der Waals surface area contributed by atoms with Crippen LogP contribution in [0.25, 0.3) is 27.8 Å². The maximum Gasteiger partial charge on any atom is 0.274 e. The molecule has 1 aliphatic rings. The van der Waals surface area contributed by atoms with E-state index in [1.54, 1.807) is 66.5 Å². The molecule has 250 valence electrons. The highest BCUT2D eigenvalue weighted by atomic mass is 19.1. The third-order valence-corrected chi connectivity index (χ3v) is 8.11. The van der Waals surface area contributed by atoms with Crippen LogP contribution in [0.2, 0.25) is 0 Å². The smallest absolute Gasteiger partial charge is 0.274 e. The molecule has 4 heterocycles. The molecule has 0 spiro atoms. The summed E-state index contributed by atoms with van der Waals surface area (Å²) in [5.74, 6) is -0.272. The number of carbonyl (C=O) groups is 1. The molecule has 0 aliphatic carbocycles. The largest absolute Gasteiger partial charge is 0.493 e. The molecule has 0 radical (unpaired) electrons. The van der Waals surface area contributed by atoms with Crippen molar-refractivity contribution in [1.82, 2.24) is 24.5 Å². The van der Waals surface area contributed by atoms with E-state index in [2.05, 4.69) is 25.3 Å². The number of pyridine rings is 1. The lowest BCUT2D eigenvalue weighted by Crippen LogP contribution is -2.37. The Morgan fingerprint density at radius 2 is 1.76 bits per heavy atom. The van der Waals surface area contributed by atoms with Gasteiger partial charge < -0.3 is 24.3 Å². The molecule has 0 atom stereocenters. The third kappa shape index (κ3) is 7.12. The number of ether oxygens (including phenoxy) is 4. The summed E-state index contributed by atoms with van der Waals surface area (Å²) in [6.07, 6.45) is 3.97. The van der Waals surface area contributed by atoms with Crippen molar-refractivity contribution in [3.8, 4) is 34.3 Å². The molecule has 7 rings (SSSR count). The lowest BCUT2D eigenvalue weighted by atomic mass is 10.1. The lowest BCUT2D eigenvalue weighted by molar-refractivity contribution is 0.0357. The number of amides is 1. The number of fused-ring (bicyclic) bond motifs is 2. The summed E-state index contributed by atoms with van der Waals surface area (Å²) in [5, 5.41) is 7.56. The van der Waals surface area contributed by atoms with Crippen LogP contribution in [0.3, 0.4) is 0 Å². The van der Waals surface area contributed by atoms with Gasteiger partial charge in [0.15, 0.2) is 28.7 Å². The van der Waals surface area contributed by atoms with Crippen LogP contribution in [-0.4, -0.2) is 77.0 Å². The van der Waals surface area contributed by atoms with Gasteiger partial charge in [-0.3, -0.25) is 14.7 Å². The van der Waals surface area contributed by atoms with E-state index in [0.717, 1.165) is 45.3 Å². The second kappa shape index (κ2) is 14.2. The van der Waals surface area contributed by atoms with Crippen LogP contribution >= 0.6 is 0 Å². The van der Waals surface area contributed by atoms with Gasteiger partial charge in [0, 0.05) is 60.7 Å². The average Bonchev–Trinajstić information content (AvgIpc) is 3.60. The van der Waals surface area contributed by atoms with E-state index < -0.39 is 11.7 Å². The molecule has 1 saturated heterocycles.